The Balaban J connectivity index is 1.82. The number of aromatic amines is 1. The van der Waals surface area contributed by atoms with E-state index in [0.29, 0.717) is 24.2 Å². The van der Waals surface area contributed by atoms with Crippen molar-refractivity contribution in [1.29, 1.82) is 0 Å². The van der Waals surface area contributed by atoms with E-state index in [2.05, 4.69) is 26.2 Å². The molecule has 6 heteroatoms. The van der Waals surface area contributed by atoms with Gasteiger partial charge in [-0.3, -0.25) is 4.79 Å². The summed E-state index contributed by atoms with van der Waals surface area (Å²) < 4.78 is 5.92. The minimum absolute atomic E-state index is 0.144. The van der Waals surface area contributed by atoms with Gasteiger partial charge in [0.2, 0.25) is 0 Å². The molecule has 0 bridgehead atoms. The maximum Gasteiger partial charge on any atom is 0.339 e. The normalized spacial score (nSPS) is 18.0. The number of aromatic nitrogens is 1. The second-order valence-electron chi connectivity index (χ2n) is 5.18. The molecule has 4 rings (SSSR count). The van der Waals surface area contributed by atoms with Crippen LogP contribution in [0.5, 0.6) is 0 Å². The van der Waals surface area contributed by atoms with E-state index in [1.165, 1.54) is 0 Å². The summed E-state index contributed by atoms with van der Waals surface area (Å²) in [5.41, 5.74) is 4.47. The Bertz CT molecular complexity index is 851. The van der Waals surface area contributed by atoms with Crippen molar-refractivity contribution in [2.24, 2.45) is 0 Å². The second kappa shape index (κ2) is 4.84. The molecule has 0 spiro atoms. The molecule has 1 amide bonds. The number of benzene rings is 1. The predicted octanol–water partition coefficient (Wildman–Crippen LogP) is 2.98. The summed E-state index contributed by atoms with van der Waals surface area (Å²) in [7, 11) is 0. The zero-order chi connectivity index (χ0) is 15.3. The predicted molar refractivity (Wildman–Crippen MR) is 85.4 cm³/mol. The molecule has 3 heterocycles. The number of carbonyl (C=O) groups is 2. The maximum atomic E-state index is 12.2. The van der Waals surface area contributed by atoms with Gasteiger partial charge in [0.1, 0.15) is 0 Å². The van der Waals surface area contributed by atoms with Crippen LogP contribution < -0.4 is 5.32 Å². The molecule has 2 aliphatic heterocycles. The van der Waals surface area contributed by atoms with Gasteiger partial charge in [-0.05, 0) is 23.8 Å². The molecule has 2 N–H and O–H groups in total. The van der Waals surface area contributed by atoms with Gasteiger partial charge in [0.25, 0.3) is 5.91 Å². The number of carbonyl (C=O) groups excluding carboxylic acids is 2. The average molecular weight is 359 g/mol. The lowest BCUT2D eigenvalue weighted by Gasteiger charge is -2.12. The third-order valence-corrected chi connectivity index (χ3v) is 4.37. The molecule has 1 aromatic heterocycles. The summed E-state index contributed by atoms with van der Waals surface area (Å²) >= 11 is 3.39. The molecule has 0 unspecified atom stereocenters. The Morgan fingerprint density at radius 3 is 2.95 bits per heavy atom. The van der Waals surface area contributed by atoms with E-state index in [1.54, 1.807) is 12.3 Å². The number of amides is 1. The number of ether oxygens (including phenoxy) is 1. The van der Waals surface area contributed by atoms with E-state index in [-0.39, 0.29) is 11.9 Å². The molecular formula is C16H11BrN2O3. The maximum absolute atomic E-state index is 12.2. The summed E-state index contributed by atoms with van der Waals surface area (Å²) in [6, 6.07) is 5.66. The first-order chi connectivity index (χ1) is 10.6. The molecule has 0 saturated heterocycles. The highest BCUT2D eigenvalue weighted by atomic mass is 79.9. The van der Waals surface area contributed by atoms with E-state index in [9.17, 15) is 9.59 Å². The van der Waals surface area contributed by atoms with Crippen LogP contribution in [-0.4, -0.2) is 23.5 Å². The molecule has 5 nitrogen and oxygen atoms in total. The van der Waals surface area contributed by atoms with E-state index in [1.807, 2.05) is 18.2 Å². The molecule has 0 aliphatic carbocycles. The van der Waals surface area contributed by atoms with Gasteiger partial charge in [0.05, 0.1) is 23.4 Å². The summed E-state index contributed by atoms with van der Waals surface area (Å²) in [5.74, 6) is -0.461. The van der Waals surface area contributed by atoms with Gasteiger partial charge in [0.15, 0.2) is 0 Å². The van der Waals surface area contributed by atoms with E-state index in [4.69, 9.17) is 4.74 Å². The van der Waals surface area contributed by atoms with Crippen LogP contribution in [0.1, 0.15) is 27.2 Å². The van der Waals surface area contributed by atoms with Crippen molar-refractivity contribution in [2.75, 3.05) is 11.9 Å². The zero-order valence-electron chi connectivity index (χ0n) is 11.4. The van der Waals surface area contributed by atoms with Crippen molar-refractivity contribution in [3.63, 3.8) is 0 Å². The van der Waals surface area contributed by atoms with E-state index < -0.39 is 0 Å². The molecule has 1 aromatic carbocycles. The topological polar surface area (TPSA) is 71.2 Å². The van der Waals surface area contributed by atoms with Gasteiger partial charge in [-0.25, -0.2) is 4.79 Å². The summed E-state index contributed by atoms with van der Waals surface area (Å²) in [6.45, 7) is 0.371. The fraction of sp³-hybridized carbons (Fsp3) is 0.125. The Kier molecular flexibility index (Phi) is 2.94. The van der Waals surface area contributed by atoms with Crippen LogP contribution in [0.15, 0.2) is 28.9 Å². The SMILES string of the molecule is O=C1Nc2cc(Br)ccc2/C1=C/c1[nH]cc2c1CCOC2=O. The number of H-pyrrole nitrogens is 1. The van der Waals surface area contributed by atoms with E-state index in [0.717, 1.165) is 27.0 Å². The highest BCUT2D eigenvalue weighted by Crippen LogP contribution is 2.35. The van der Waals surface area contributed by atoms with Crippen molar-refractivity contribution in [1.82, 2.24) is 4.98 Å². The molecule has 2 aromatic rings. The Labute approximate surface area is 134 Å². The molecular weight excluding hydrogens is 348 g/mol. The van der Waals surface area contributed by atoms with Gasteiger partial charge < -0.3 is 15.0 Å². The lowest BCUT2D eigenvalue weighted by atomic mass is 10.0. The van der Waals surface area contributed by atoms with Crippen LogP contribution in [0.25, 0.3) is 11.6 Å². The Morgan fingerprint density at radius 1 is 1.23 bits per heavy atom. The van der Waals surface area contributed by atoms with Gasteiger partial charge >= 0.3 is 5.97 Å². The van der Waals surface area contributed by atoms with Crippen LogP contribution >= 0.6 is 15.9 Å². The molecule has 0 fully saturated rings. The number of hydrogen-bond donors (Lipinski definition) is 2. The van der Waals surface area contributed by atoms with Crippen molar-refractivity contribution < 1.29 is 14.3 Å². The molecule has 0 atom stereocenters. The monoisotopic (exact) mass is 358 g/mol. The molecule has 110 valence electrons. The lowest BCUT2D eigenvalue weighted by molar-refractivity contribution is -0.110. The highest BCUT2D eigenvalue weighted by Gasteiger charge is 2.27. The van der Waals surface area contributed by atoms with Gasteiger partial charge in [0, 0.05) is 28.3 Å². The number of anilines is 1. The van der Waals surface area contributed by atoms with Crippen molar-refractivity contribution in [3.05, 3.63) is 51.3 Å². The minimum atomic E-state index is -0.317. The summed E-state index contributed by atoms with van der Waals surface area (Å²) in [5, 5.41) is 2.85. The van der Waals surface area contributed by atoms with Crippen molar-refractivity contribution >= 4 is 45.1 Å². The lowest BCUT2D eigenvalue weighted by Crippen LogP contribution is -2.16. The first-order valence-electron chi connectivity index (χ1n) is 6.84. The average Bonchev–Trinajstić information content (AvgIpc) is 3.02. The standard InChI is InChI=1S/C16H11BrN2O3/c17-8-1-2-9-11(15(20)19-14(9)5-8)6-13-10-3-4-22-16(21)12(10)7-18-13/h1-2,5-7,18H,3-4H2,(H,19,20)/b11-6-. The second-order valence-corrected chi connectivity index (χ2v) is 6.10. The molecule has 2 aliphatic rings. The number of halogens is 1. The smallest absolute Gasteiger partial charge is 0.339 e. The number of rotatable bonds is 1. The summed E-state index contributed by atoms with van der Waals surface area (Å²) in [6.07, 6.45) is 4.09. The van der Waals surface area contributed by atoms with E-state index >= 15 is 0 Å². The summed E-state index contributed by atoms with van der Waals surface area (Å²) in [4.78, 5) is 27.0. The minimum Gasteiger partial charge on any atom is -0.462 e. The third kappa shape index (κ3) is 1.99. The molecule has 22 heavy (non-hydrogen) atoms. The first-order valence-corrected chi connectivity index (χ1v) is 7.63. The van der Waals surface area contributed by atoms with Crippen molar-refractivity contribution in [3.8, 4) is 0 Å². The Morgan fingerprint density at radius 2 is 2.09 bits per heavy atom. The van der Waals surface area contributed by atoms with Crippen LogP contribution in [0, 0.1) is 0 Å². The van der Waals surface area contributed by atoms with Crippen LogP contribution in [0.2, 0.25) is 0 Å². The van der Waals surface area contributed by atoms with Crippen LogP contribution in [0.4, 0.5) is 5.69 Å². The highest BCUT2D eigenvalue weighted by molar-refractivity contribution is 9.10. The fourth-order valence-electron chi connectivity index (χ4n) is 2.83. The zero-order valence-corrected chi connectivity index (χ0v) is 13.0. The Hall–Kier alpha value is -2.34. The van der Waals surface area contributed by atoms with Crippen molar-refractivity contribution in [2.45, 2.75) is 6.42 Å². The number of esters is 1. The third-order valence-electron chi connectivity index (χ3n) is 3.88. The number of cyclic esters (lactones) is 1. The van der Waals surface area contributed by atoms with Crippen LogP contribution in [-0.2, 0) is 16.0 Å². The number of hydrogen-bond acceptors (Lipinski definition) is 3. The number of nitrogens with one attached hydrogen (secondary N) is 2. The number of fused-ring (bicyclic) bond motifs is 2. The van der Waals surface area contributed by atoms with Gasteiger partial charge in [-0.15, -0.1) is 0 Å². The van der Waals surface area contributed by atoms with Gasteiger partial charge in [-0.2, -0.15) is 0 Å². The quantitative estimate of drug-likeness (QED) is 0.608. The largest absolute Gasteiger partial charge is 0.462 e. The first kappa shape index (κ1) is 13.3. The molecule has 0 saturated carbocycles. The van der Waals surface area contributed by atoms with Crippen LogP contribution in [0.3, 0.4) is 0 Å². The van der Waals surface area contributed by atoms with Gasteiger partial charge in [-0.1, -0.05) is 22.0 Å². The molecule has 0 radical (unpaired) electrons. The fourth-order valence-corrected chi connectivity index (χ4v) is 3.19.